The maximum Gasteiger partial charge on any atom is 0.320 e. The number of hydrogen-bond acceptors (Lipinski definition) is 3. The summed E-state index contributed by atoms with van der Waals surface area (Å²) in [7, 11) is 0. The van der Waals surface area contributed by atoms with Crippen molar-refractivity contribution in [2.24, 2.45) is 0 Å². The molecule has 0 unspecified atom stereocenters. The zero-order valence-electron chi connectivity index (χ0n) is 19.7. The van der Waals surface area contributed by atoms with Crippen molar-refractivity contribution in [1.29, 1.82) is 0 Å². The van der Waals surface area contributed by atoms with Crippen LogP contribution in [0, 0.1) is 5.82 Å². The highest BCUT2D eigenvalue weighted by molar-refractivity contribution is 5.94. The zero-order chi connectivity index (χ0) is 23.8. The number of amides is 2. The fourth-order valence-corrected chi connectivity index (χ4v) is 6.03. The Kier molecular flexibility index (Phi) is 5.69. The number of carbonyl (C=O) groups excluding carboxylic acids is 1. The maximum absolute atomic E-state index is 14.8. The SMILES string of the molecule is O=C1Nc2c(F)ccc(OC3CN(C(c4ccccc4)c4ccccc4)C3)c2C2(CCCCC2)N1. The number of hydrogen-bond donors (Lipinski definition) is 2. The predicted octanol–water partition coefficient (Wildman–Crippen LogP) is 5.97. The first-order chi connectivity index (χ1) is 17.1. The number of likely N-dealkylation sites (tertiary alicyclic amines) is 1. The topological polar surface area (TPSA) is 53.6 Å². The van der Waals surface area contributed by atoms with Gasteiger partial charge < -0.3 is 15.4 Å². The number of halogens is 1. The highest BCUT2D eigenvalue weighted by atomic mass is 19.1. The molecule has 6 heteroatoms. The second-order valence-electron chi connectivity index (χ2n) is 9.94. The summed E-state index contributed by atoms with van der Waals surface area (Å²) >= 11 is 0. The lowest BCUT2D eigenvalue weighted by atomic mass is 9.74. The first kappa shape index (κ1) is 22.1. The molecule has 2 N–H and O–H groups in total. The number of urea groups is 1. The van der Waals surface area contributed by atoms with Crippen molar-refractivity contribution in [3.63, 3.8) is 0 Å². The van der Waals surface area contributed by atoms with Crippen molar-refractivity contribution in [2.45, 2.75) is 49.8 Å². The van der Waals surface area contributed by atoms with Gasteiger partial charge in [-0.2, -0.15) is 0 Å². The van der Waals surface area contributed by atoms with Crippen LogP contribution < -0.4 is 15.4 Å². The quantitative estimate of drug-likeness (QED) is 0.482. The van der Waals surface area contributed by atoms with Crippen LogP contribution in [-0.4, -0.2) is 30.1 Å². The number of benzene rings is 3. The normalized spacial score (nSPS) is 19.5. The van der Waals surface area contributed by atoms with Gasteiger partial charge in [-0.25, -0.2) is 9.18 Å². The number of anilines is 1. The van der Waals surface area contributed by atoms with Crippen LogP contribution in [0.2, 0.25) is 0 Å². The molecule has 1 spiro atoms. The van der Waals surface area contributed by atoms with Crippen LogP contribution in [0.3, 0.4) is 0 Å². The van der Waals surface area contributed by atoms with E-state index in [0.29, 0.717) is 5.75 Å². The average molecular weight is 472 g/mol. The van der Waals surface area contributed by atoms with Crippen LogP contribution in [0.15, 0.2) is 72.8 Å². The van der Waals surface area contributed by atoms with Gasteiger partial charge in [0.05, 0.1) is 17.3 Å². The third-order valence-corrected chi connectivity index (χ3v) is 7.66. The number of nitrogens with one attached hydrogen (secondary N) is 2. The van der Waals surface area contributed by atoms with Crippen LogP contribution >= 0.6 is 0 Å². The van der Waals surface area contributed by atoms with E-state index in [0.717, 1.165) is 50.8 Å². The molecule has 0 atom stereocenters. The Morgan fingerprint density at radius 1 is 0.886 bits per heavy atom. The van der Waals surface area contributed by atoms with Gasteiger partial charge in [-0.1, -0.05) is 79.9 Å². The summed E-state index contributed by atoms with van der Waals surface area (Å²) in [6.07, 6.45) is 4.73. The standard InChI is InChI=1S/C29H30FN3O2/c30-23-14-15-24(25-26(23)31-28(34)32-29(25)16-8-3-9-17-29)35-22-18-33(19-22)27(20-10-4-1-5-11-20)21-12-6-2-7-13-21/h1-2,4-7,10-15,22,27H,3,8-9,16-19H2,(H2,31,32,34). The van der Waals surface area contributed by atoms with Gasteiger partial charge in [0, 0.05) is 18.7 Å². The van der Waals surface area contributed by atoms with Crippen molar-refractivity contribution in [3.8, 4) is 5.75 Å². The smallest absolute Gasteiger partial charge is 0.320 e. The summed E-state index contributed by atoms with van der Waals surface area (Å²) in [6.45, 7) is 1.54. The highest BCUT2D eigenvalue weighted by Gasteiger charge is 2.45. The van der Waals surface area contributed by atoms with E-state index in [1.807, 2.05) is 12.1 Å². The Balaban J connectivity index is 1.26. The number of ether oxygens (including phenoxy) is 1. The number of rotatable bonds is 5. The van der Waals surface area contributed by atoms with E-state index in [1.54, 1.807) is 6.07 Å². The molecule has 1 saturated carbocycles. The molecule has 0 radical (unpaired) electrons. The van der Waals surface area contributed by atoms with Gasteiger partial charge >= 0.3 is 6.03 Å². The second-order valence-corrected chi connectivity index (χ2v) is 9.94. The van der Waals surface area contributed by atoms with Crippen LogP contribution in [0.4, 0.5) is 14.9 Å². The molecule has 3 aliphatic rings. The third-order valence-electron chi connectivity index (χ3n) is 7.66. The van der Waals surface area contributed by atoms with E-state index in [-0.39, 0.29) is 23.9 Å². The van der Waals surface area contributed by atoms with Gasteiger partial charge in [-0.3, -0.25) is 4.90 Å². The minimum absolute atomic E-state index is 0.00208. The summed E-state index contributed by atoms with van der Waals surface area (Å²) in [5.41, 5.74) is 3.00. The first-order valence-corrected chi connectivity index (χ1v) is 12.6. The van der Waals surface area contributed by atoms with Crippen LogP contribution in [-0.2, 0) is 5.54 Å². The lowest BCUT2D eigenvalue weighted by Gasteiger charge is -2.46. The minimum Gasteiger partial charge on any atom is -0.487 e. The zero-order valence-corrected chi connectivity index (χ0v) is 19.7. The Labute approximate surface area is 205 Å². The summed E-state index contributed by atoms with van der Waals surface area (Å²) in [5, 5.41) is 5.83. The van der Waals surface area contributed by atoms with Gasteiger partial charge in [0.25, 0.3) is 0 Å². The predicted molar refractivity (Wildman–Crippen MR) is 134 cm³/mol. The highest BCUT2D eigenvalue weighted by Crippen LogP contribution is 2.48. The Morgan fingerprint density at radius 2 is 1.51 bits per heavy atom. The molecule has 0 bridgehead atoms. The fraction of sp³-hybridized carbons (Fsp3) is 0.345. The van der Waals surface area contributed by atoms with E-state index < -0.39 is 11.4 Å². The molecule has 2 aliphatic heterocycles. The molecule has 35 heavy (non-hydrogen) atoms. The molecule has 3 aromatic rings. The van der Waals surface area contributed by atoms with E-state index in [2.05, 4.69) is 64.1 Å². The van der Waals surface area contributed by atoms with Crippen molar-refractivity contribution < 1.29 is 13.9 Å². The van der Waals surface area contributed by atoms with E-state index in [4.69, 9.17) is 4.74 Å². The first-order valence-electron chi connectivity index (χ1n) is 12.6. The van der Waals surface area contributed by atoms with E-state index in [1.165, 1.54) is 17.2 Å². The summed E-state index contributed by atoms with van der Waals surface area (Å²) < 4.78 is 21.4. The molecule has 1 aliphatic carbocycles. The summed E-state index contributed by atoms with van der Waals surface area (Å²) in [4.78, 5) is 14.8. The molecular formula is C29H30FN3O2. The van der Waals surface area contributed by atoms with Crippen molar-refractivity contribution in [3.05, 3.63) is 95.3 Å². The van der Waals surface area contributed by atoms with Crippen LogP contribution in [0.25, 0.3) is 0 Å². The Bertz CT molecular complexity index is 1170. The fourth-order valence-electron chi connectivity index (χ4n) is 6.03. The molecule has 0 aromatic heterocycles. The van der Waals surface area contributed by atoms with Gasteiger partial charge in [0.15, 0.2) is 0 Å². The van der Waals surface area contributed by atoms with E-state index in [9.17, 15) is 9.18 Å². The largest absolute Gasteiger partial charge is 0.487 e. The van der Waals surface area contributed by atoms with Crippen molar-refractivity contribution in [2.75, 3.05) is 18.4 Å². The van der Waals surface area contributed by atoms with Gasteiger partial charge in [-0.05, 0) is 36.1 Å². The maximum atomic E-state index is 14.8. The molecular weight excluding hydrogens is 441 g/mol. The Hall–Kier alpha value is -3.38. The van der Waals surface area contributed by atoms with Crippen molar-refractivity contribution >= 4 is 11.7 Å². The molecule has 2 fully saturated rings. The number of carbonyl (C=O) groups is 1. The molecule has 5 nitrogen and oxygen atoms in total. The van der Waals surface area contributed by atoms with Gasteiger partial charge in [-0.15, -0.1) is 0 Å². The second kappa shape index (κ2) is 9.00. The number of nitrogens with zero attached hydrogens (tertiary/aromatic N) is 1. The Morgan fingerprint density at radius 3 is 2.14 bits per heavy atom. The number of fused-ring (bicyclic) bond motifs is 2. The monoisotopic (exact) mass is 471 g/mol. The van der Waals surface area contributed by atoms with Crippen molar-refractivity contribution in [1.82, 2.24) is 10.2 Å². The minimum atomic E-state index is -0.562. The lowest BCUT2D eigenvalue weighted by molar-refractivity contribution is -0.00126. The van der Waals surface area contributed by atoms with Gasteiger partial charge in [0.2, 0.25) is 0 Å². The summed E-state index contributed by atoms with van der Waals surface area (Å²) in [6, 6.07) is 24.0. The van der Waals surface area contributed by atoms with Gasteiger partial charge in [0.1, 0.15) is 17.7 Å². The average Bonchev–Trinajstić information content (AvgIpc) is 2.86. The molecule has 6 rings (SSSR count). The third kappa shape index (κ3) is 4.06. The molecule has 180 valence electrons. The molecule has 2 heterocycles. The molecule has 3 aromatic carbocycles. The molecule has 2 amide bonds. The van der Waals surface area contributed by atoms with Crippen LogP contribution in [0.5, 0.6) is 5.75 Å². The lowest BCUT2D eigenvalue weighted by Crippen LogP contribution is -2.56. The summed E-state index contributed by atoms with van der Waals surface area (Å²) in [5.74, 6) is 0.270. The van der Waals surface area contributed by atoms with E-state index >= 15 is 0 Å². The molecule has 1 saturated heterocycles. The van der Waals surface area contributed by atoms with Crippen LogP contribution in [0.1, 0.15) is 54.8 Å².